The van der Waals surface area contributed by atoms with E-state index in [0.717, 1.165) is 30.6 Å². The summed E-state index contributed by atoms with van der Waals surface area (Å²) in [5, 5.41) is 11.5. The van der Waals surface area contributed by atoms with Crippen molar-refractivity contribution in [1.82, 2.24) is 5.32 Å². The van der Waals surface area contributed by atoms with Crippen LogP contribution >= 0.6 is 0 Å². The van der Waals surface area contributed by atoms with Crippen LogP contribution in [-0.4, -0.2) is 30.8 Å². The fourth-order valence-electron chi connectivity index (χ4n) is 2.70. The van der Waals surface area contributed by atoms with Gasteiger partial charge in [-0.1, -0.05) is 20.3 Å². The molecule has 0 aliphatic carbocycles. The molecule has 0 spiro atoms. The Bertz CT molecular complexity index is 833. The summed E-state index contributed by atoms with van der Waals surface area (Å²) in [5.74, 6) is -0.324. The molecule has 0 atom stereocenters. The van der Waals surface area contributed by atoms with Crippen LogP contribution < -0.4 is 21.3 Å². The lowest BCUT2D eigenvalue weighted by Crippen LogP contribution is -2.24. The van der Waals surface area contributed by atoms with E-state index in [1.165, 1.54) is 0 Å². The average Bonchev–Trinajstić information content (AvgIpc) is 2.74. The van der Waals surface area contributed by atoms with Crippen LogP contribution in [0.1, 0.15) is 49.9 Å². The summed E-state index contributed by atoms with van der Waals surface area (Å²) in [6.45, 7) is 4.78. The number of carbonyl (C=O) groups is 3. The second-order valence-corrected chi connectivity index (χ2v) is 6.96. The first-order valence-electron chi connectivity index (χ1n) is 10.3. The molecule has 0 radical (unpaired) electrons. The zero-order chi connectivity index (χ0) is 21.8. The van der Waals surface area contributed by atoms with Gasteiger partial charge in [0.15, 0.2) is 0 Å². The van der Waals surface area contributed by atoms with Crippen molar-refractivity contribution in [3.63, 3.8) is 0 Å². The zero-order valence-corrected chi connectivity index (χ0v) is 17.6. The van der Waals surface area contributed by atoms with Crippen LogP contribution in [0, 0.1) is 0 Å². The number of anilines is 3. The predicted molar refractivity (Wildman–Crippen MR) is 121 cm³/mol. The summed E-state index contributed by atoms with van der Waals surface area (Å²) >= 11 is 0. The van der Waals surface area contributed by atoms with E-state index in [9.17, 15) is 14.4 Å². The normalized spacial score (nSPS) is 10.2. The van der Waals surface area contributed by atoms with Gasteiger partial charge in [-0.25, -0.2) is 0 Å². The van der Waals surface area contributed by atoms with Gasteiger partial charge in [-0.15, -0.1) is 0 Å². The molecular formula is C23H30N4O3. The maximum atomic E-state index is 12.2. The van der Waals surface area contributed by atoms with Crippen LogP contribution in [0.5, 0.6) is 0 Å². The van der Waals surface area contributed by atoms with Gasteiger partial charge in [-0.2, -0.15) is 0 Å². The van der Waals surface area contributed by atoms with Crippen molar-refractivity contribution in [1.29, 1.82) is 0 Å². The maximum Gasteiger partial charge on any atom is 0.251 e. The van der Waals surface area contributed by atoms with Gasteiger partial charge in [0.2, 0.25) is 11.8 Å². The van der Waals surface area contributed by atoms with Crippen molar-refractivity contribution in [3.05, 3.63) is 54.1 Å². The number of unbranched alkanes of at least 4 members (excludes halogenated alkanes) is 1. The van der Waals surface area contributed by atoms with Gasteiger partial charge in [0.1, 0.15) is 0 Å². The van der Waals surface area contributed by atoms with Crippen molar-refractivity contribution in [2.75, 3.05) is 29.0 Å². The molecule has 0 unspecified atom stereocenters. The van der Waals surface area contributed by atoms with E-state index in [4.69, 9.17) is 0 Å². The second-order valence-electron chi connectivity index (χ2n) is 6.96. The molecular weight excluding hydrogens is 380 g/mol. The van der Waals surface area contributed by atoms with E-state index in [1.54, 1.807) is 48.5 Å². The largest absolute Gasteiger partial charge is 0.376 e. The van der Waals surface area contributed by atoms with Gasteiger partial charge in [-0.3, -0.25) is 14.4 Å². The van der Waals surface area contributed by atoms with Crippen LogP contribution in [0.3, 0.4) is 0 Å². The molecule has 0 heterocycles. The summed E-state index contributed by atoms with van der Waals surface area (Å²) in [7, 11) is 0. The standard InChI is InChI=1S/C23H30N4O3/c1-3-5-15-24-23(30)17-7-9-19(10-8-17)27-22(29)16-25-18-11-13-20(14-12-18)26-21(28)6-4-2/h7-14,25H,3-6,15-16H2,1-2H3,(H,24,30)(H,26,28)(H,27,29). The minimum Gasteiger partial charge on any atom is -0.376 e. The number of hydrogen-bond acceptors (Lipinski definition) is 4. The maximum absolute atomic E-state index is 12.2. The van der Waals surface area contributed by atoms with E-state index in [0.29, 0.717) is 24.2 Å². The fourth-order valence-corrected chi connectivity index (χ4v) is 2.70. The summed E-state index contributed by atoms with van der Waals surface area (Å²) in [6, 6.07) is 14.0. The van der Waals surface area contributed by atoms with E-state index < -0.39 is 0 Å². The van der Waals surface area contributed by atoms with Gasteiger partial charge < -0.3 is 21.3 Å². The molecule has 2 rings (SSSR count). The number of hydrogen-bond donors (Lipinski definition) is 4. The van der Waals surface area contributed by atoms with Crippen LogP contribution in [0.15, 0.2) is 48.5 Å². The molecule has 0 aliphatic rings. The smallest absolute Gasteiger partial charge is 0.251 e. The number of carbonyl (C=O) groups excluding carboxylic acids is 3. The Balaban J connectivity index is 1.77. The van der Waals surface area contributed by atoms with Crippen molar-refractivity contribution in [3.8, 4) is 0 Å². The molecule has 0 aliphatic heterocycles. The SMILES string of the molecule is CCCCNC(=O)c1ccc(NC(=O)CNc2ccc(NC(=O)CCC)cc2)cc1. The first-order chi connectivity index (χ1) is 14.5. The highest BCUT2D eigenvalue weighted by Crippen LogP contribution is 2.14. The Morgan fingerprint density at radius 1 is 0.733 bits per heavy atom. The van der Waals surface area contributed by atoms with Gasteiger partial charge in [-0.05, 0) is 61.4 Å². The van der Waals surface area contributed by atoms with Gasteiger partial charge in [0.25, 0.3) is 5.91 Å². The molecule has 2 aromatic carbocycles. The molecule has 0 aromatic heterocycles. The van der Waals surface area contributed by atoms with Gasteiger partial charge >= 0.3 is 0 Å². The Kier molecular flexibility index (Phi) is 9.37. The third-order valence-electron chi connectivity index (χ3n) is 4.35. The Morgan fingerprint density at radius 2 is 1.30 bits per heavy atom. The number of benzene rings is 2. The Morgan fingerprint density at radius 3 is 1.90 bits per heavy atom. The van der Waals surface area contributed by atoms with Crippen LogP contribution in [0.25, 0.3) is 0 Å². The third-order valence-corrected chi connectivity index (χ3v) is 4.35. The predicted octanol–water partition coefficient (Wildman–Crippen LogP) is 4.01. The third kappa shape index (κ3) is 7.95. The van der Waals surface area contributed by atoms with Gasteiger partial charge in [0.05, 0.1) is 6.54 Å². The summed E-state index contributed by atoms with van der Waals surface area (Å²) in [4.78, 5) is 35.8. The monoisotopic (exact) mass is 410 g/mol. The first-order valence-corrected chi connectivity index (χ1v) is 10.3. The lowest BCUT2D eigenvalue weighted by atomic mass is 10.2. The van der Waals surface area contributed by atoms with Crippen LogP contribution in [0.4, 0.5) is 17.1 Å². The minimum absolute atomic E-state index is 0.0120. The van der Waals surface area contributed by atoms with Crippen molar-refractivity contribution >= 4 is 34.8 Å². The molecule has 7 heteroatoms. The van der Waals surface area contributed by atoms with Crippen molar-refractivity contribution in [2.24, 2.45) is 0 Å². The minimum atomic E-state index is -0.199. The second kappa shape index (κ2) is 12.3. The Hall–Kier alpha value is -3.35. The zero-order valence-electron chi connectivity index (χ0n) is 17.6. The lowest BCUT2D eigenvalue weighted by molar-refractivity contribution is -0.116. The average molecular weight is 411 g/mol. The molecule has 0 fully saturated rings. The molecule has 3 amide bonds. The molecule has 4 N–H and O–H groups in total. The van der Waals surface area contributed by atoms with Crippen LogP contribution in [0.2, 0.25) is 0 Å². The molecule has 30 heavy (non-hydrogen) atoms. The lowest BCUT2D eigenvalue weighted by Gasteiger charge is -2.10. The molecule has 7 nitrogen and oxygen atoms in total. The highest BCUT2D eigenvalue weighted by Gasteiger charge is 2.07. The number of rotatable bonds is 11. The van der Waals surface area contributed by atoms with E-state index in [2.05, 4.69) is 28.2 Å². The summed E-state index contributed by atoms with van der Waals surface area (Å²) < 4.78 is 0. The van der Waals surface area contributed by atoms with Crippen molar-refractivity contribution < 1.29 is 14.4 Å². The summed E-state index contributed by atoms with van der Waals surface area (Å²) in [5.41, 5.74) is 2.69. The topological polar surface area (TPSA) is 99.3 Å². The number of amides is 3. The van der Waals surface area contributed by atoms with Gasteiger partial charge in [0, 0.05) is 35.6 Å². The fraction of sp³-hybridized carbons (Fsp3) is 0.348. The molecule has 0 saturated heterocycles. The highest BCUT2D eigenvalue weighted by molar-refractivity contribution is 5.96. The molecule has 0 bridgehead atoms. The highest BCUT2D eigenvalue weighted by atomic mass is 16.2. The first kappa shape index (κ1) is 22.9. The molecule has 160 valence electrons. The van der Waals surface area contributed by atoms with Crippen molar-refractivity contribution in [2.45, 2.75) is 39.5 Å². The number of nitrogens with one attached hydrogen (secondary N) is 4. The van der Waals surface area contributed by atoms with E-state index in [-0.39, 0.29) is 24.3 Å². The Labute approximate surface area is 177 Å². The quantitative estimate of drug-likeness (QED) is 0.421. The molecule has 2 aromatic rings. The van der Waals surface area contributed by atoms with E-state index >= 15 is 0 Å². The molecule has 0 saturated carbocycles. The van der Waals surface area contributed by atoms with E-state index in [1.807, 2.05) is 6.92 Å². The van der Waals surface area contributed by atoms with Crippen LogP contribution in [-0.2, 0) is 9.59 Å². The summed E-state index contributed by atoms with van der Waals surface area (Å²) in [6.07, 6.45) is 3.27.